The van der Waals surface area contributed by atoms with Crippen molar-refractivity contribution in [2.45, 2.75) is 11.7 Å². The summed E-state index contributed by atoms with van der Waals surface area (Å²) in [6.45, 7) is -1.36. The van der Waals surface area contributed by atoms with Gasteiger partial charge in [-0.1, -0.05) is 42.5 Å². The summed E-state index contributed by atoms with van der Waals surface area (Å²) in [5, 5.41) is 0. The van der Waals surface area contributed by atoms with Crippen LogP contribution >= 0.6 is 11.9 Å². The van der Waals surface area contributed by atoms with Crippen molar-refractivity contribution < 1.29 is 31.1 Å². The van der Waals surface area contributed by atoms with Crippen molar-refractivity contribution in [1.82, 2.24) is 9.97 Å². The lowest BCUT2D eigenvalue weighted by molar-refractivity contribution is -0.153. The van der Waals surface area contributed by atoms with Crippen LogP contribution in [0.15, 0.2) is 66.7 Å². The van der Waals surface area contributed by atoms with Crippen molar-refractivity contribution in [3.63, 3.8) is 0 Å². The van der Waals surface area contributed by atoms with Crippen LogP contribution < -0.4 is 9.46 Å². The summed E-state index contributed by atoms with van der Waals surface area (Å²) in [5.41, 5.74) is -0.694. The highest BCUT2D eigenvalue weighted by atomic mass is 32.2. The number of rotatable bonds is 7. The zero-order valence-electron chi connectivity index (χ0n) is 17.7. The van der Waals surface area contributed by atoms with Crippen molar-refractivity contribution in [2.75, 3.05) is 11.3 Å². The smallest absolute Gasteiger partial charge is 0.461 e. The first-order chi connectivity index (χ1) is 16.6. The molecule has 0 spiro atoms. The maximum Gasteiger partial charge on any atom is 0.461 e. The minimum absolute atomic E-state index is 0.110. The average Bonchev–Trinajstić information content (AvgIpc) is 3.22. The number of H-pyrrole nitrogens is 1. The Balaban J connectivity index is 1.50. The zero-order chi connectivity index (χ0) is 25.1. The van der Waals surface area contributed by atoms with Crippen LogP contribution in [0.25, 0.3) is 34.3 Å². The number of anilines is 1. The van der Waals surface area contributed by atoms with E-state index in [0.717, 1.165) is 5.56 Å². The van der Waals surface area contributed by atoms with Gasteiger partial charge in [0.1, 0.15) is 11.6 Å². The molecular formula is C24H17F6N3OS. The van der Waals surface area contributed by atoms with E-state index in [1.807, 2.05) is 0 Å². The summed E-state index contributed by atoms with van der Waals surface area (Å²) >= 11 is -0.325. The van der Waals surface area contributed by atoms with Gasteiger partial charge in [-0.15, -0.1) is 0 Å². The van der Waals surface area contributed by atoms with Crippen LogP contribution in [0.5, 0.6) is 5.75 Å². The van der Waals surface area contributed by atoms with Gasteiger partial charge in [-0.05, 0) is 47.5 Å². The summed E-state index contributed by atoms with van der Waals surface area (Å²) in [4.78, 5) is 7.61. The fourth-order valence-corrected chi connectivity index (χ4v) is 3.63. The molecule has 0 aliphatic carbocycles. The van der Waals surface area contributed by atoms with E-state index >= 15 is 0 Å². The van der Waals surface area contributed by atoms with Crippen LogP contribution in [0.1, 0.15) is 11.4 Å². The molecule has 0 fully saturated rings. The standard InChI is InChI=1S/C24H17F6N3OS/c25-23(26,27)14-34-17-9-5-15(6-10-17)7-12-22-31-20-11-8-16(13-21(20)32-22)18-3-1-2-4-19(18)33-35-24(28,29)30/h1-13,33H,14H2,(H,31,32)/b12-7+. The molecule has 0 atom stereocenters. The third-order valence-corrected chi connectivity index (χ3v) is 5.28. The van der Waals surface area contributed by atoms with Gasteiger partial charge in [0, 0.05) is 5.56 Å². The Kier molecular flexibility index (Phi) is 6.97. The number of alkyl halides is 6. The quantitative estimate of drug-likeness (QED) is 0.196. The number of benzene rings is 3. The fourth-order valence-electron chi connectivity index (χ4n) is 3.23. The van der Waals surface area contributed by atoms with Crippen LogP contribution in [0.4, 0.5) is 32.0 Å². The highest BCUT2D eigenvalue weighted by Gasteiger charge is 2.29. The molecule has 0 aliphatic heterocycles. The maximum absolute atomic E-state index is 12.6. The summed E-state index contributed by atoms with van der Waals surface area (Å²) in [7, 11) is 0. The lowest BCUT2D eigenvalue weighted by Gasteiger charge is -2.12. The molecule has 4 aromatic rings. The van der Waals surface area contributed by atoms with E-state index in [1.165, 1.54) is 12.1 Å². The second-order valence-electron chi connectivity index (χ2n) is 7.36. The molecule has 0 radical (unpaired) electrons. The molecule has 4 nitrogen and oxygen atoms in total. The molecule has 182 valence electrons. The molecular weight excluding hydrogens is 492 g/mol. The van der Waals surface area contributed by atoms with Crippen LogP contribution in [0.2, 0.25) is 0 Å². The minimum Gasteiger partial charge on any atom is -0.484 e. The van der Waals surface area contributed by atoms with E-state index in [4.69, 9.17) is 0 Å². The van der Waals surface area contributed by atoms with Gasteiger partial charge < -0.3 is 14.4 Å². The first-order valence-corrected chi connectivity index (χ1v) is 10.9. The molecule has 1 heterocycles. The van der Waals surface area contributed by atoms with Gasteiger partial charge >= 0.3 is 11.7 Å². The first kappa shape index (κ1) is 24.5. The van der Waals surface area contributed by atoms with Crippen molar-refractivity contribution in [2.24, 2.45) is 0 Å². The maximum atomic E-state index is 12.6. The molecule has 4 rings (SSSR count). The third kappa shape index (κ3) is 6.95. The van der Waals surface area contributed by atoms with Crippen LogP contribution in [0.3, 0.4) is 0 Å². The minimum atomic E-state index is -4.42. The number of nitrogens with one attached hydrogen (secondary N) is 2. The van der Waals surface area contributed by atoms with Crippen molar-refractivity contribution in [1.29, 1.82) is 0 Å². The highest BCUT2D eigenvalue weighted by Crippen LogP contribution is 2.36. The highest BCUT2D eigenvalue weighted by molar-refractivity contribution is 8.01. The van der Waals surface area contributed by atoms with E-state index < -0.39 is 18.3 Å². The van der Waals surface area contributed by atoms with E-state index in [0.29, 0.717) is 33.7 Å². The Hall–Kier alpha value is -3.60. The van der Waals surface area contributed by atoms with Crippen LogP contribution in [0, 0.1) is 0 Å². The van der Waals surface area contributed by atoms with Crippen molar-refractivity contribution >= 4 is 40.8 Å². The largest absolute Gasteiger partial charge is 0.484 e. The summed E-state index contributed by atoms with van der Waals surface area (Å²) in [6, 6.07) is 18.1. The monoisotopic (exact) mass is 509 g/mol. The SMILES string of the molecule is FC(F)(F)COc1ccc(/C=C/c2nc3ccc(-c4ccccc4NSC(F)(F)F)cc3[nH]2)cc1. The van der Waals surface area contributed by atoms with Crippen LogP contribution in [-0.2, 0) is 0 Å². The second-order valence-corrected chi connectivity index (χ2v) is 8.23. The van der Waals surface area contributed by atoms with Gasteiger partial charge in [0.05, 0.1) is 28.7 Å². The molecule has 2 N–H and O–H groups in total. The van der Waals surface area contributed by atoms with E-state index in [2.05, 4.69) is 19.4 Å². The number of hydrogen-bond donors (Lipinski definition) is 2. The fraction of sp³-hybridized carbons (Fsp3) is 0.125. The molecule has 1 aromatic heterocycles. The van der Waals surface area contributed by atoms with Gasteiger partial charge in [-0.2, -0.15) is 26.3 Å². The number of aromatic amines is 1. The molecule has 11 heteroatoms. The lowest BCUT2D eigenvalue weighted by Crippen LogP contribution is -2.19. The summed E-state index contributed by atoms with van der Waals surface area (Å²) in [6.07, 6.45) is -0.958. The Morgan fingerprint density at radius 1 is 0.914 bits per heavy atom. The molecule has 0 aliphatic rings. The molecule has 0 unspecified atom stereocenters. The van der Waals surface area contributed by atoms with E-state index in [9.17, 15) is 26.3 Å². The topological polar surface area (TPSA) is 49.9 Å². The Bertz CT molecular complexity index is 1330. The number of ether oxygens (including phenoxy) is 1. The molecule has 0 amide bonds. The van der Waals surface area contributed by atoms with Gasteiger partial charge in [0.2, 0.25) is 0 Å². The average molecular weight is 509 g/mol. The number of imidazole rings is 1. The summed E-state index contributed by atoms with van der Waals surface area (Å²) in [5.74, 6) is 0.646. The van der Waals surface area contributed by atoms with Gasteiger partial charge in [-0.3, -0.25) is 0 Å². The van der Waals surface area contributed by atoms with Crippen molar-refractivity contribution in [3.8, 4) is 16.9 Å². The zero-order valence-corrected chi connectivity index (χ0v) is 18.6. The predicted molar refractivity (Wildman–Crippen MR) is 126 cm³/mol. The van der Waals surface area contributed by atoms with Gasteiger partial charge in [0.15, 0.2) is 6.61 Å². The second kappa shape index (κ2) is 9.95. The Morgan fingerprint density at radius 2 is 1.66 bits per heavy atom. The Labute approximate surface area is 200 Å². The molecule has 35 heavy (non-hydrogen) atoms. The van der Waals surface area contributed by atoms with E-state index in [-0.39, 0.29) is 17.7 Å². The molecule has 0 saturated heterocycles. The molecule has 0 bridgehead atoms. The number of halogens is 6. The third-order valence-electron chi connectivity index (χ3n) is 4.73. The Morgan fingerprint density at radius 3 is 2.37 bits per heavy atom. The molecule has 3 aromatic carbocycles. The number of nitrogens with zero attached hydrogens (tertiary/aromatic N) is 1. The summed E-state index contributed by atoms with van der Waals surface area (Å²) < 4.78 is 81.6. The van der Waals surface area contributed by atoms with Crippen molar-refractivity contribution in [3.05, 3.63) is 78.1 Å². The molecule has 0 saturated carbocycles. The lowest BCUT2D eigenvalue weighted by atomic mass is 10.0. The van der Waals surface area contributed by atoms with Gasteiger partial charge in [-0.25, -0.2) is 4.98 Å². The number of aromatic nitrogens is 2. The van der Waals surface area contributed by atoms with Crippen LogP contribution in [-0.4, -0.2) is 28.3 Å². The first-order valence-electron chi connectivity index (χ1n) is 10.1. The van der Waals surface area contributed by atoms with E-state index in [1.54, 1.807) is 66.7 Å². The van der Waals surface area contributed by atoms with Gasteiger partial charge in [0.25, 0.3) is 0 Å². The number of hydrogen-bond acceptors (Lipinski definition) is 4. The normalized spacial score (nSPS) is 12.4. The predicted octanol–water partition coefficient (Wildman–Crippen LogP) is 7.92. The number of fused-ring (bicyclic) bond motifs is 1. The number of para-hydroxylation sites is 1.